The van der Waals surface area contributed by atoms with E-state index in [1.807, 2.05) is 55.5 Å². The van der Waals surface area contributed by atoms with E-state index in [2.05, 4.69) is 25.9 Å². The molecule has 0 aliphatic heterocycles. The third-order valence-corrected chi connectivity index (χ3v) is 6.82. The molecule has 0 saturated heterocycles. The molecule has 0 radical (unpaired) electrons. The van der Waals surface area contributed by atoms with Crippen LogP contribution in [0.3, 0.4) is 0 Å². The van der Waals surface area contributed by atoms with Crippen LogP contribution < -0.4 is 20.9 Å². The molecule has 1 aromatic heterocycles. The number of aromatic nitrogens is 1. The van der Waals surface area contributed by atoms with Gasteiger partial charge in [0.15, 0.2) is 10.2 Å². The molecule has 4 aromatic rings. The number of rotatable bonds is 6. The Balaban J connectivity index is 1.38. The lowest BCUT2D eigenvalue weighted by molar-refractivity contribution is 0.587. The first-order valence-electron chi connectivity index (χ1n) is 9.28. The molecule has 1 heterocycles. The lowest BCUT2D eigenvalue weighted by Crippen LogP contribution is -2.29. The van der Waals surface area contributed by atoms with Crippen LogP contribution in [0.25, 0.3) is 10.2 Å². The van der Waals surface area contributed by atoms with Gasteiger partial charge in [-0.2, -0.15) is 0 Å². The van der Waals surface area contributed by atoms with Gasteiger partial charge in [-0.3, -0.25) is 5.43 Å². The second kappa shape index (κ2) is 8.98. The van der Waals surface area contributed by atoms with Crippen LogP contribution >= 0.6 is 23.6 Å². The molecule has 10 heteroatoms. The molecule has 0 amide bonds. The fraction of sp³-hybridized carbons (Fsp3) is 0.0476. The summed E-state index contributed by atoms with van der Waals surface area (Å²) in [5.41, 5.74) is 6.13. The molecule has 0 saturated carbocycles. The average Bonchev–Trinajstić information content (AvgIpc) is 3.18. The summed E-state index contributed by atoms with van der Waals surface area (Å²) < 4.78 is 26.1. The molecule has 4 rings (SSSR count). The highest BCUT2D eigenvalue weighted by Gasteiger charge is 2.15. The topological polar surface area (TPSA) is 95.1 Å². The minimum atomic E-state index is -3.77. The second-order valence-electron chi connectivity index (χ2n) is 6.64. The summed E-state index contributed by atoms with van der Waals surface area (Å²) in [6.07, 6.45) is 0. The maximum Gasteiger partial charge on any atom is 0.257 e. The Kier molecular flexibility index (Phi) is 6.14. The highest BCUT2D eigenvalue weighted by atomic mass is 32.2. The van der Waals surface area contributed by atoms with Crippen molar-refractivity contribution in [2.45, 2.75) is 11.8 Å². The van der Waals surface area contributed by atoms with Crippen LogP contribution in [0.4, 0.5) is 16.5 Å². The predicted octanol–water partition coefficient (Wildman–Crippen LogP) is 4.72. The van der Waals surface area contributed by atoms with Crippen LogP contribution in [-0.4, -0.2) is 18.5 Å². The number of thiazole rings is 1. The molecule has 4 N–H and O–H groups in total. The van der Waals surface area contributed by atoms with Crippen LogP contribution in [0.1, 0.15) is 5.56 Å². The second-order valence-corrected chi connectivity index (χ2v) is 9.76. The van der Waals surface area contributed by atoms with Gasteiger partial charge in [0.2, 0.25) is 0 Å². The summed E-state index contributed by atoms with van der Waals surface area (Å²) in [6.45, 7) is 1.99. The quantitative estimate of drug-likeness (QED) is 0.240. The number of hydrogen-bond donors (Lipinski definition) is 4. The molecule has 7 nitrogen and oxygen atoms in total. The number of nitrogens with zero attached hydrogens (tertiary/aromatic N) is 1. The van der Waals surface area contributed by atoms with Crippen molar-refractivity contribution in [1.29, 1.82) is 0 Å². The van der Waals surface area contributed by atoms with Gasteiger partial charge in [0, 0.05) is 11.4 Å². The van der Waals surface area contributed by atoms with E-state index >= 15 is 0 Å². The molecular formula is C21H19N5O2S3. The van der Waals surface area contributed by atoms with Gasteiger partial charge >= 0.3 is 0 Å². The van der Waals surface area contributed by atoms with Gasteiger partial charge in [-0.1, -0.05) is 41.7 Å². The summed E-state index contributed by atoms with van der Waals surface area (Å²) in [4.78, 5) is 6.82. The van der Waals surface area contributed by atoms with Crippen LogP contribution in [0.5, 0.6) is 0 Å². The Bertz CT molecular complexity index is 1300. The third kappa shape index (κ3) is 5.17. The van der Waals surface area contributed by atoms with Gasteiger partial charge in [-0.05, 0) is 67.2 Å². The Morgan fingerprint density at radius 3 is 2.39 bits per heavy atom. The number of fused-ring (bicyclic) bond motifs is 1. The van der Waals surface area contributed by atoms with E-state index in [1.165, 1.54) is 23.5 Å². The molecule has 31 heavy (non-hydrogen) atoms. The number of hydrogen-bond acceptors (Lipinski definition) is 6. The summed E-state index contributed by atoms with van der Waals surface area (Å²) in [6, 6.07) is 21.7. The normalized spacial score (nSPS) is 11.3. The Labute approximate surface area is 189 Å². The summed E-state index contributed by atoms with van der Waals surface area (Å²) >= 11 is 6.70. The van der Waals surface area contributed by atoms with E-state index in [9.17, 15) is 8.42 Å². The average molecular weight is 470 g/mol. The molecule has 0 aliphatic rings. The number of benzene rings is 3. The smallest absolute Gasteiger partial charge is 0.257 e. The zero-order chi connectivity index (χ0) is 21.8. The lowest BCUT2D eigenvalue weighted by atomic mass is 10.2. The summed E-state index contributed by atoms with van der Waals surface area (Å²) in [7, 11) is -3.77. The van der Waals surface area contributed by atoms with Gasteiger partial charge in [0.05, 0.1) is 15.1 Å². The Hall–Kier alpha value is -3.05. The maximum absolute atomic E-state index is 12.6. The van der Waals surface area contributed by atoms with Gasteiger partial charge in [-0.15, -0.1) is 4.83 Å². The zero-order valence-electron chi connectivity index (χ0n) is 16.4. The Morgan fingerprint density at radius 2 is 1.65 bits per heavy atom. The largest absolute Gasteiger partial charge is 0.332 e. The fourth-order valence-electron chi connectivity index (χ4n) is 2.81. The van der Waals surface area contributed by atoms with Crippen LogP contribution in [0.2, 0.25) is 0 Å². The third-order valence-electron chi connectivity index (χ3n) is 4.40. The van der Waals surface area contributed by atoms with Gasteiger partial charge in [-0.25, -0.2) is 13.4 Å². The van der Waals surface area contributed by atoms with Crippen molar-refractivity contribution in [2.24, 2.45) is 0 Å². The lowest BCUT2D eigenvalue weighted by Gasteiger charge is -2.13. The standard InChI is InChI=1S/C21H19N5O2S3/c1-14-6-2-3-7-17(14)23-20(29)22-15-10-12-16(13-11-15)31(27,28)26-25-21-24-18-8-4-5-9-19(18)30-21/h2-13,26H,1H3,(H,24,25)(H2,22,23,29). The van der Waals surface area contributed by atoms with Gasteiger partial charge in [0.25, 0.3) is 10.0 Å². The molecule has 158 valence electrons. The number of para-hydroxylation sites is 2. The SMILES string of the molecule is Cc1ccccc1NC(=S)Nc1ccc(S(=O)(=O)NNc2nc3ccccc3s2)cc1. The van der Waals surface area contributed by atoms with Crippen LogP contribution in [0.15, 0.2) is 77.7 Å². The summed E-state index contributed by atoms with van der Waals surface area (Å²) in [5, 5.41) is 7.06. The maximum atomic E-state index is 12.6. The van der Waals surface area contributed by atoms with Gasteiger partial charge in [0.1, 0.15) is 0 Å². The van der Waals surface area contributed by atoms with Crippen molar-refractivity contribution >= 4 is 65.4 Å². The highest BCUT2D eigenvalue weighted by molar-refractivity contribution is 7.89. The van der Waals surface area contributed by atoms with Crippen molar-refractivity contribution in [3.8, 4) is 0 Å². The fourth-order valence-corrected chi connectivity index (χ4v) is 4.77. The van der Waals surface area contributed by atoms with E-state index < -0.39 is 10.0 Å². The predicted molar refractivity (Wildman–Crippen MR) is 131 cm³/mol. The minimum Gasteiger partial charge on any atom is -0.332 e. The monoisotopic (exact) mass is 469 g/mol. The van der Waals surface area contributed by atoms with E-state index in [1.54, 1.807) is 12.1 Å². The molecular weight excluding hydrogens is 450 g/mol. The Morgan fingerprint density at radius 1 is 0.935 bits per heavy atom. The van der Waals surface area contributed by atoms with Crippen molar-refractivity contribution < 1.29 is 8.42 Å². The number of thiocarbonyl (C=S) groups is 1. The first-order chi connectivity index (χ1) is 14.9. The number of aryl methyl sites for hydroxylation is 1. The van der Waals surface area contributed by atoms with Crippen molar-refractivity contribution in [3.63, 3.8) is 0 Å². The van der Waals surface area contributed by atoms with Gasteiger partial charge < -0.3 is 10.6 Å². The number of nitrogens with one attached hydrogen (secondary N) is 4. The van der Waals surface area contributed by atoms with E-state index in [-0.39, 0.29) is 4.90 Å². The number of sulfonamides is 1. The van der Waals surface area contributed by atoms with Crippen LogP contribution in [-0.2, 0) is 10.0 Å². The number of hydrazine groups is 1. The molecule has 3 aromatic carbocycles. The van der Waals surface area contributed by atoms with Crippen molar-refractivity contribution in [1.82, 2.24) is 9.82 Å². The first kappa shape index (κ1) is 21.2. The van der Waals surface area contributed by atoms with Crippen LogP contribution in [0, 0.1) is 6.92 Å². The molecule has 0 bridgehead atoms. The molecule has 0 unspecified atom stereocenters. The number of anilines is 3. The molecule has 0 fully saturated rings. The highest BCUT2D eigenvalue weighted by Crippen LogP contribution is 2.25. The van der Waals surface area contributed by atoms with Crippen molar-refractivity contribution in [3.05, 3.63) is 78.4 Å². The first-order valence-corrected chi connectivity index (χ1v) is 12.0. The summed E-state index contributed by atoms with van der Waals surface area (Å²) in [5.74, 6) is 0. The minimum absolute atomic E-state index is 0.115. The van der Waals surface area contributed by atoms with E-state index in [0.29, 0.717) is 15.9 Å². The van der Waals surface area contributed by atoms with Crippen molar-refractivity contribution in [2.75, 3.05) is 16.1 Å². The van der Waals surface area contributed by atoms with E-state index in [0.717, 1.165) is 21.5 Å². The molecule has 0 aliphatic carbocycles. The molecule has 0 spiro atoms. The molecule has 0 atom stereocenters. The zero-order valence-corrected chi connectivity index (χ0v) is 18.9. The van der Waals surface area contributed by atoms with E-state index in [4.69, 9.17) is 12.2 Å².